The fourth-order valence-corrected chi connectivity index (χ4v) is 3.96. The van der Waals surface area contributed by atoms with E-state index in [0.717, 1.165) is 65.1 Å². The predicted molar refractivity (Wildman–Crippen MR) is 112 cm³/mol. The minimum Gasteiger partial charge on any atom is -0.317 e. The molecule has 3 heterocycles. The summed E-state index contributed by atoms with van der Waals surface area (Å²) in [5.41, 5.74) is 6.53. The first-order chi connectivity index (χ1) is 13.4. The van der Waals surface area contributed by atoms with Gasteiger partial charge in [0.05, 0.1) is 11.9 Å². The van der Waals surface area contributed by atoms with Crippen LogP contribution < -0.4 is 5.32 Å². The second-order valence-corrected chi connectivity index (χ2v) is 7.76. The van der Waals surface area contributed by atoms with Gasteiger partial charge in [-0.2, -0.15) is 5.10 Å². The van der Waals surface area contributed by atoms with Crippen LogP contribution in [0.2, 0.25) is 0 Å². The van der Waals surface area contributed by atoms with Crippen LogP contribution in [-0.2, 0) is 7.05 Å². The number of aromatic nitrogens is 3. The molecule has 0 aliphatic carbocycles. The van der Waals surface area contributed by atoms with E-state index in [1.54, 1.807) is 10.7 Å². The molecule has 1 aliphatic rings. The molecule has 1 N–H and O–H groups in total. The maximum absolute atomic E-state index is 15.0. The van der Waals surface area contributed by atoms with E-state index in [0.29, 0.717) is 11.6 Å². The molecule has 1 aliphatic heterocycles. The molecule has 0 unspecified atom stereocenters. The summed E-state index contributed by atoms with van der Waals surface area (Å²) < 4.78 is 16.7. The molecule has 0 amide bonds. The second kappa shape index (κ2) is 7.43. The SMILES string of the molecule is CC(=Nc1c(C)cc(-c2cc(C)c3nn(C)cc3n2)cc1F)C1CCNCC1. The second-order valence-electron chi connectivity index (χ2n) is 7.76. The van der Waals surface area contributed by atoms with E-state index in [-0.39, 0.29) is 5.82 Å². The lowest BCUT2D eigenvalue weighted by Crippen LogP contribution is -2.30. The number of benzene rings is 1. The van der Waals surface area contributed by atoms with Gasteiger partial charge in [0.25, 0.3) is 0 Å². The van der Waals surface area contributed by atoms with Gasteiger partial charge in [0, 0.05) is 18.3 Å². The number of nitrogens with zero attached hydrogens (tertiary/aromatic N) is 4. The van der Waals surface area contributed by atoms with Gasteiger partial charge in [-0.15, -0.1) is 0 Å². The van der Waals surface area contributed by atoms with Gasteiger partial charge in [-0.25, -0.2) is 9.37 Å². The number of halogens is 1. The third-order valence-electron chi connectivity index (χ3n) is 5.54. The third kappa shape index (κ3) is 3.56. The molecule has 146 valence electrons. The van der Waals surface area contributed by atoms with Crippen molar-refractivity contribution >= 4 is 22.4 Å². The Bertz CT molecular complexity index is 1040. The molecule has 0 bridgehead atoms. The molecule has 0 atom stereocenters. The third-order valence-corrected chi connectivity index (χ3v) is 5.54. The number of hydrogen-bond acceptors (Lipinski definition) is 4. The van der Waals surface area contributed by atoms with Gasteiger partial charge in [-0.05, 0) is 81.9 Å². The number of rotatable bonds is 3. The van der Waals surface area contributed by atoms with E-state index < -0.39 is 0 Å². The fourth-order valence-electron chi connectivity index (χ4n) is 3.96. The monoisotopic (exact) mass is 379 g/mol. The molecular formula is C22H26FN5. The normalized spacial score (nSPS) is 16.1. The summed E-state index contributed by atoms with van der Waals surface area (Å²) in [5, 5.41) is 7.79. The van der Waals surface area contributed by atoms with Crippen molar-refractivity contribution in [3.8, 4) is 11.3 Å². The summed E-state index contributed by atoms with van der Waals surface area (Å²) >= 11 is 0. The molecule has 3 aromatic rings. The van der Waals surface area contributed by atoms with Gasteiger partial charge in [-0.1, -0.05) is 0 Å². The van der Waals surface area contributed by atoms with E-state index in [9.17, 15) is 4.39 Å². The van der Waals surface area contributed by atoms with Crippen molar-refractivity contribution in [3.63, 3.8) is 0 Å². The number of pyridine rings is 1. The van der Waals surface area contributed by atoms with Gasteiger partial charge in [-0.3, -0.25) is 9.67 Å². The van der Waals surface area contributed by atoms with Gasteiger partial charge < -0.3 is 5.32 Å². The Kier molecular flexibility index (Phi) is 4.98. The van der Waals surface area contributed by atoms with Crippen LogP contribution in [0.5, 0.6) is 0 Å². The first-order valence-corrected chi connectivity index (χ1v) is 9.80. The highest BCUT2D eigenvalue weighted by atomic mass is 19.1. The molecule has 1 saturated heterocycles. The topological polar surface area (TPSA) is 55.1 Å². The van der Waals surface area contributed by atoms with E-state index in [1.165, 1.54) is 0 Å². The average Bonchev–Trinajstić information content (AvgIpc) is 3.06. The molecule has 4 rings (SSSR count). The van der Waals surface area contributed by atoms with E-state index in [1.807, 2.05) is 46.1 Å². The standard InChI is InChI=1S/C22H26FN5/c1-13-9-17(19-10-14(2)22-20(26-19)12-28(4)27-22)11-18(23)21(13)25-15(3)16-5-7-24-8-6-16/h9-12,16,24H,5-8H2,1-4H3. The zero-order valence-corrected chi connectivity index (χ0v) is 16.9. The van der Waals surface area contributed by atoms with Gasteiger partial charge in [0.1, 0.15) is 22.5 Å². The number of nitrogens with one attached hydrogen (secondary N) is 1. The summed E-state index contributed by atoms with van der Waals surface area (Å²) in [6.07, 6.45) is 4.00. The zero-order chi connectivity index (χ0) is 19.8. The van der Waals surface area contributed by atoms with Crippen LogP contribution in [0.4, 0.5) is 10.1 Å². The molecule has 6 heteroatoms. The van der Waals surface area contributed by atoms with Crippen LogP contribution in [0.1, 0.15) is 30.9 Å². The van der Waals surface area contributed by atoms with Crippen LogP contribution in [-0.4, -0.2) is 33.6 Å². The predicted octanol–water partition coefficient (Wildman–Crippen LogP) is 4.48. The largest absolute Gasteiger partial charge is 0.317 e. The van der Waals surface area contributed by atoms with Crippen LogP contribution in [0, 0.1) is 25.6 Å². The van der Waals surface area contributed by atoms with E-state index in [4.69, 9.17) is 0 Å². The molecule has 1 fully saturated rings. The molecule has 1 aromatic carbocycles. The summed E-state index contributed by atoms with van der Waals surface area (Å²) in [6.45, 7) is 7.94. The number of piperidine rings is 1. The lowest BCUT2D eigenvalue weighted by atomic mass is 9.93. The van der Waals surface area contributed by atoms with Crippen molar-refractivity contribution in [1.82, 2.24) is 20.1 Å². The summed E-state index contributed by atoms with van der Waals surface area (Å²) in [5.74, 6) is 0.131. The Balaban J connectivity index is 1.71. The van der Waals surface area contributed by atoms with Crippen molar-refractivity contribution in [3.05, 3.63) is 41.3 Å². The smallest absolute Gasteiger partial charge is 0.149 e. The van der Waals surface area contributed by atoms with Crippen LogP contribution in [0.3, 0.4) is 0 Å². The summed E-state index contributed by atoms with van der Waals surface area (Å²) in [6, 6.07) is 5.49. The first-order valence-electron chi connectivity index (χ1n) is 9.80. The van der Waals surface area contributed by atoms with E-state index >= 15 is 0 Å². The zero-order valence-electron chi connectivity index (χ0n) is 16.9. The summed E-state index contributed by atoms with van der Waals surface area (Å²) in [4.78, 5) is 9.35. The highest BCUT2D eigenvalue weighted by molar-refractivity contribution is 5.88. The lowest BCUT2D eigenvalue weighted by Gasteiger charge is -2.22. The Labute approximate surface area is 164 Å². The Hall–Kier alpha value is -2.60. The van der Waals surface area contributed by atoms with Crippen LogP contribution in [0.25, 0.3) is 22.3 Å². The Morgan fingerprint density at radius 2 is 1.93 bits per heavy atom. The van der Waals surface area contributed by atoms with Gasteiger partial charge in [0.2, 0.25) is 0 Å². The molecule has 28 heavy (non-hydrogen) atoms. The van der Waals surface area contributed by atoms with Crippen LogP contribution in [0.15, 0.2) is 29.4 Å². The quantitative estimate of drug-likeness (QED) is 0.683. The van der Waals surface area contributed by atoms with Crippen molar-refractivity contribution in [1.29, 1.82) is 0 Å². The highest BCUT2D eigenvalue weighted by Gasteiger charge is 2.18. The minimum absolute atomic E-state index is 0.297. The fraction of sp³-hybridized carbons (Fsp3) is 0.409. The number of fused-ring (bicyclic) bond motifs is 1. The maximum atomic E-state index is 15.0. The molecule has 2 aromatic heterocycles. The van der Waals surface area contributed by atoms with Gasteiger partial charge in [0.15, 0.2) is 0 Å². The Morgan fingerprint density at radius 1 is 1.18 bits per heavy atom. The van der Waals surface area contributed by atoms with Crippen molar-refractivity contribution < 1.29 is 4.39 Å². The molecule has 5 nitrogen and oxygen atoms in total. The van der Waals surface area contributed by atoms with Gasteiger partial charge >= 0.3 is 0 Å². The highest BCUT2D eigenvalue weighted by Crippen LogP contribution is 2.31. The minimum atomic E-state index is -0.297. The van der Waals surface area contributed by atoms with Crippen LogP contribution >= 0.6 is 0 Å². The number of aliphatic imine (C=N–C) groups is 1. The summed E-state index contributed by atoms with van der Waals surface area (Å²) in [7, 11) is 1.88. The number of aryl methyl sites for hydroxylation is 3. The van der Waals surface area contributed by atoms with E-state index in [2.05, 4.69) is 20.4 Å². The van der Waals surface area contributed by atoms with Crippen molar-refractivity contribution in [2.45, 2.75) is 33.6 Å². The number of hydrogen-bond donors (Lipinski definition) is 1. The molecule has 0 spiro atoms. The molecule has 0 saturated carbocycles. The lowest BCUT2D eigenvalue weighted by molar-refractivity contribution is 0.455. The average molecular weight is 379 g/mol. The van der Waals surface area contributed by atoms with Crippen molar-refractivity contribution in [2.24, 2.45) is 18.0 Å². The molecule has 0 radical (unpaired) electrons. The maximum Gasteiger partial charge on any atom is 0.149 e. The first kappa shape index (κ1) is 18.7. The van der Waals surface area contributed by atoms with Crippen molar-refractivity contribution in [2.75, 3.05) is 13.1 Å². The Morgan fingerprint density at radius 3 is 2.64 bits per heavy atom. The molecular weight excluding hydrogens is 353 g/mol.